The van der Waals surface area contributed by atoms with Gasteiger partial charge in [0.05, 0.1) is 10.5 Å². The van der Waals surface area contributed by atoms with Crippen LogP contribution in [-0.2, 0) is 6.54 Å². The van der Waals surface area contributed by atoms with Gasteiger partial charge >= 0.3 is 12.0 Å². The molecule has 0 aliphatic carbocycles. The van der Waals surface area contributed by atoms with Gasteiger partial charge in [0.1, 0.15) is 0 Å². The molecule has 1 aromatic heterocycles. The minimum Gasteiger partial charge on any atom is -0.388 e. The van der Waals surface area contributed by atoms with E-state index >= 15 is 0 Å². The summed E-state index contributed by atoms with van der Waals surface area (Å²) in [6, 6.07) is 0.799. The van der Waals surface area contributed by atoms with E-state index in [0.29, 0.717) is 0 Å². The van der Waals surface area contributed by atoms with Gasteiger partial charge in [0.25, 0.3) is 0 Å². The van der Waals surface area contributed by atoms with Crippen LogP contribution in [0.3, 0.4) is 0 Å². The molecule has 0 unspecified atom stereocenters. The number of ether oxygens (including phenoxy) is 1. The van der Waals surface area contributed by atoms with Gasteiger partial charge in [-0.1, -0.05) is 0 Å². The smallest absolute Gasteiger partial charge is 0.388 e. The van der Waals surface area contributed by atoms with E-state index in [4.69, 9.17) is 5.73 Å². The minimum absolute atomic E-state index is 0.0753. The summed E-state index contributed by atoms with van der Waals surface area (Å²) in [5.41, 5.74) is 4.73. The number of pyridine rings is 1. The number of aromatic nitrogens is 1. The number of nitrogens with two attached hydrogens (primary N) is 1. The lowest BCUT2D eigenvalue weighted by Crippen LogP contribution is -2.19. The Morgan fingerprint density at radius 1 is 1.59 bits per heavy atom. The van der Waals surface area contributed by atoms with Crippen LogP contribution in [-0.4, -0.2) is 16.3 Å². The summed E-state index contributed by atoms with van der Waals surface area (Å²) in [5.74, 6) is -0.770. The van der Waals surface area contributed by atoms with Crippen molar-refractivity contribution >= 4 is 28.3 Å². The number of rotatable bonds is 3. The number of alkyl halides is 3. The maximum absolute atomic E-state index is 11.9. The lowest BCUT2D eigenvalue weighted by molar-refractivity contribution is -0.387. The molecule has 0 amide bonds. The summed E-state index contributed by atoms with van der Waals surface area (Å²) in [4.78, 5) is 13.2. The first-order chi connectivity index (χ1) is 7.74. The van der Waals surface area contributed by atoms with Gasteiger partial charge in [-0.05, 0) is 22.6 Å². The molecule has 17 heavy (non-hydrogen) atoms. The molecule has 0 saturated carbocycles. The van der Waals surface area contributed by atoms with Crippen LogP contribution < -0.4 is 10.5 Å². The average Bonchev–Trinajstić information content (AvgIpc) is 2.12. The van der Waals surface area contributed by atoms with Crippen LogP contribution in [0, 0.1) is 13.8 Å². The van der Waals surface area contributed by atoms with Crippen molar-refractivity contribution in [2.75, 3.05) is 0 Å². The zero-order valence-corrected chi connectivity index (χ0v) is 10.2. The van der Waals surface area contributed by atoms with Crippen molar-refractivity contribution in [1.29, 1.82) is 0 Å². The van der Waals surface area contributed by atoms with Gasteiger partial charge in [-0.15, -0.1) is 13.2 Å². The highest BCUT2D eigenvalue weighted by molar-refractivity contribution is 14.1. The Kier molecular flexibility index (Phi) is 4.08. The Balaban J connectivity index is 3.23. The maximum Gasteiger partial charge on any atom is 0.574 e. The molecule has 1 rings (SSSR count). The molecule has 1 aromatic rings. The predicted molar refractivity (Wildman–Crippen MR) is 58.2 cm³/mol. The fourth-order valence-electron chi connectivity index (χ4n) is 1.05. The van der Waals surface area contributed by atoms with E-state index in [1.807, 2.05) is 0 Å². The van der Waals surface area contributed by atoms with Crippen LogP contribution in [0.15, 0.2) is 6.07 Å². The molecular formula is C7H5F3IN3O3. The second kappa shape index (κ2) is 5.00. The molecule has 2 N–H and O–H groups in total. The van der Waals surface area contributed by atoms with Gasteiger partial charge in [0.15, 0.2) is 3.70 Å². The molecule has 1 heterocycles. The molecule has 0 saturated heterocycles. The summed E-state index contributed by atoms with van der Waals surface area (Å²) >= 11 is 1.45. The maximum atomic E-state index is 11.9. The second-order valence-electron chi connectivity index (χ2n) is 2.77. The monoisotopic (exact) mass is 363 g/mol. The van der Waals surface area contributed by atoms with Gasteiger partial charge in [-0.25, -0.2) is 0 Å². The van der Waals surface area contributed by atoms with E-state index < -0.39 is 22.9 Å². The summed E-state index contributed by atoms with van der Waals surface area (Å²) in [6.07, 6.45) is -4.90. The molecule has 0 aromatic carbocycles. The van der Waals surface area contributed by atoms with Gasteiger partial charge in [-0.3, -0.25) is 10.1 Å². The Morgan fingerprint density at radius 2 is 2.18 bits per heavy atom. The Morgan fingerprint density at radius 3 is 2.59 bits per heavy atom. The van der Waals surface area contributed by atoms with E-state index in [0.717, 1.165) is 6.07 Å². The van der Waals surface area contributed by atoms with Crippen molar-refractivity contribution < 1.29 is 22.8 Å². The number of nitro groups is 1. The van der Waals surface area contributed by atoms with E-state index in [-0.39, 0.29) is 15.8 Å². The topological polar surface area (TPSA) is 91.3 Å². The van der Waals surface area contributed by atoms with Crippen molar-refractivity contribution in [3.63, 3.8) is 0 Å². The van der Waals surface area contributed by atoms with Crippen LogP contribution in [0.5, 0.6) is 5.88 Å². The number of nitrogens with zero attached hydrogens (tertiary/aromatic N) is 2. The van der Waals surface area contributed by atoms with Crippen LogP contribution in [0.1, 0.15) is 5.56 Å². The third-order valence-corrected chi connectivity index (χ3v) is 2.38. The molecule has 94 valence electrons. The molecule has 0 radical (unpaired) electrons. The zero-order chi connectivity index (χ0) is 13.2. The van der Waals surface area contributed by atoms with Gasteiger partial charge in [0.2, 0.25) is 5.88 Å². The van der Waals surface area contributed by atoms with Crippen molar-refractivity contribution in [2.24, 2.45) is 5.73 Å². The molecule has 10 heteroatoms. The number of hydrogen-bond acceptors (Lipinski definition) is 5. The zero-order valence-electron chi connectivity index (χ0n) is 7.99. The van der Waals surface area contributed by atoms with Crippen molar-refractivity contribution in [3.8, 4) is 5.88 Å². The van der Waals surface area contributed by atoms with Gasteiger partial charge in [0, 0.05) is 12.6 Å². The molecule has 0 spiro atoms. The molecule has 0 aliphatic rings. The average molecular weight is 363 g/mol. The van der Waals surface area contributed by atoms with E-state index in [9.17, 15) is 23.3 Å². The largest absolute Gasteiger partial charge is 0.574 e. The summed E-state index contributed by atoms with van der Waals surface area (Å²) in [7, 11) is 0. The fraction of sp³-hybridized carbons (Fsp3) is 0.286. The molecule has 0 atom stereocenters. The first-order valence-electron chi connectivity index (χ1n) is 4.04. The standard InChI is InChI=1S/C7H5F3IN3O3/c8-7(9,10)17-4-1-3(2-12)5(14(15)16)6(11)13-4/h1H,2,12H2. The Labute approximate surface area is 106 Å². The molecule has 0 aliphatic heterocycles. The Bertz CT molecular complexity index is 452. The molecule has 6 nitrogen and oxygen atoms in total. The summed E-state index contributed by atoms with van der Waals surface area (Å²) in [6.45, 7) is -0.289. The first kappa shape index (κ1) is 13.9. The van der Waals surface area contributed by atoms with Crippen LogP contribution >= 0.6 is 22.6 Å². The highest BCUT2D eigenvalue weighted by atomic mass is 127. The highest BCUT2D eigenvalue weighted by Gasteiger charge is 2.33. The van der Waals surface area contributed by atoms with Crippen molar-refractivity contribution in [2.45, 2.75) is 12.9 Å². The quantitative estimate of drug-likeness (QED) is 0.384. The minimum atomic E-state index is -4.90. The molecule has 0 bridgehead atoms. The Hall–Kier alpha value is -1.17. The lowest BCUT2D eigenvalue weighted by Gasteiger charge is -2.09. The third-order valence-electron chi connectivity index (χ3n) is 1.63. The van der Waals surface area contributed by atoms with Crippen LogP contribution in [0.4, 0.5) is 18.9 Å². The van der Waals surface area contributed by atoms with Gasteiger partial charge < -0.3 is 10.5 Å². The molecular weight excluding hydrogens is 358 g/mol. The fourth-order valence-corrected chi connectivity index (χ4v) is 1.83. The summed E-state index contributed by atoms with van der Waals surface area (Å²) < 4.78 is 39.2. The highest BCUT2D eigenvalue weighted by Crippen LogP contribution is 2.29. The van der Waals surface area contributed by atoms with E-state index in [2.05, 4.69) is 9.72 Å². The van der Waals surface area contributed by atoms with Gasteiger partial charge in [-0.2, -0.15) is 4.98 Å². The third kappa shape index (κ3) is 3.66. The van der Waals surface area contributed by atoms with E-state index in [1.165, 1.54) is 22.6 Å². The first-order valence-corrected chi connectivity index (χ1v) is 5.12. The number of halogens is 4. The lowest BCUT2D eigenvalue weighted by atomic mass is 10.2. The molecule has 0 fully saturated rings. The van der Waals surface area contributed by atoms with Crippen molar-refractivity contribution in [3.05, 3.63) is 25.4 Å². The van der Waals surface area contributed by atoms with Crippen LogP contribution in [0.25, 0.3) is 0 Å². The normalized spacial score (nSPS) is 11.4. The SMILES string of the molecule is NCc1cc(OC(F)(F)F)nc(I)c1[N+](=O)[O-]. The summed E-state index contributed by atoms with van der Waals surface area (Å²) in [5, 5.41) is 10.6. The van der Waals surface area contributed by atoms with E-state index in [1.54, 1.807) is 0 Å². The van der Waals surface area contributed by atoms with Crippen molar-refractivity contribution in [1.82, 2.24) is 4.98 Å². The number of hydrogen-bond donors (Lipinski definition) is 1. The van der Waals surface area contributed by atoms with Crippen LogP contribution in [0.2, 0.25) is 0 Å². The predicted octanol–water partition coefficient (Wildman–Crippen LogP) is 1.95. The second-order valence-corrected chi connectivity index (χ2v) is 3.79.